The Morgan fingerprint density at radius 2 is 2.24 bits per heavy atom. The average molecular weight is 233 g/mol. The van der Waals surface area contributed by atoms with Crippen molar-refractivity contribution in [2.75, 3.05) is 6.54 Å². The molecule has 0 saturated heterocycles. The minimum absolute atomic E-state index is 0.00870. The number of hydrogen-bond donors (Lipinski definition) is 1. The molecule has 1 atom stereocenters. The largest absolute Gasteiger partial charge is 0.345 e. The van der Waals surface area contributed by atoms with Crippen molar-refractivity contribution in [2.24, 2.45) is 13.0 Å². The van der Waals surface area contributed by atoms with Crippen molar-refractivity contribution >= 4 is 5.91 Å². The van der Waals surface area contributed by atoms with Crippen LogP contribution in [0, 0.1) is 32.1 Å². The summed E-state index contributed by atoms with van der Waals surface area (Å²) in [5.74, 6) is 2.29. The highest BCUT2D eigenvalue weighted by Crippen LogP contribution is 2.16. The van der Waals surface area contributed by atoms with E-state index in [-0.39, 0.29) is 18.4 Å². The van der Waals surface area contributed by atoms with Crippen molar-refractivity contribution in [2.45, 2.75) is 27.2 Å². The smallest absolute Gasteiger partial charge is 0.223 e. The summed E-state index contributed by atoms with van der Waals surface area (Å²) in [7, 11) is 1.91. The second kappa shape index (κ2) is 5.53. The van der Waals surface area contributed by atoms with Gasteiger partial charge in [0.05, 0.1) is 12.2 Å². The van der Waals surface area contributed by atoms with Crippen LogP contribution in [0.2, 0.25) is 0 Å². The second-order valence-corrected chi connectivity index (χ2v) is 4.30. The Balaban J connectivity index is 2.71. The SMILES string of the molecule is C#CCNC(=O)[C@@H](C)Cc1c(C)nn(C)c1C. The average Bonchev–Trinajstić information content (AvgIpc) is 2.52. The van der Waals surface area contributed by atoms with Gasteiger partial charge in [0.1, 0.15) is 0 Å². The summed E-state index contributed by atoms with van der Waals surface area (Å²) in [6.07, 6.45) is 5.80. The highest BCUT2D eigenvalue weighted by molar-refractivity contribution is 5.78. The maximum absolute atomic E-state index is 11.7. The maximum atomic E-state index is 11.7. The van der Waals surface area contributed by atoms with Crippen LogP contribution in [0.1, 0.15) is 23.9 Å². The van der Waals surface area contributed by atoms with Gasteiger partial charge in [-0.15, -0.1) is 6.42 Å². The quantitative estimate of drug-likeness (QED) is 0.788. The van der Waals surface area contributed by atoms with Gasteiger partial charge in [0.25, 0.3) is 0 Å². The fourth-order valence-corrected chi connectivity index (χ4v) is 1.82. The summed E-state index contributed by atoms with van der Waals surface area (Å²) in [5.41, 5.74) is 3.25. The molecular formula is C13H19N3O. The number of nitrogens with zero attached hydrogens (tertiary/aromatic N) is 2. The predicted molar refractivity (Wildman–Crippen MR) is 67.4 cm³/mol. The number of hydrogen-bond acceptors (Lipinski definition) is 2. The normalized spacial score (nSPS) is 11.9. The molecule has 92 valence electrons. The summed E-state index contributed by atoms with van der Waals surface area (Å²) < 4.78 is 1.84. The van der Waals surface area contributed by atoms with Crippen molar-refractivity contribution in [3.63, 3.8) is 0 Å². The summed E-state index contributed by atoms with van der Waals surface area (Å²) in [6, 6.07) is 0. The minimum atomic E-state index is -0.0926. The van der Waals surface area contributed by atoms with E-state index in [0.29, 0.717) is 6.42 Å². The van der Waals surface area contributed by atoms with Gasteiger partial charge in [-0.1, -0.05) is 12.8 Å². The lowest BCUT2D eigenvalue weighted by atomic mass is 9.99. The van der Waals surface area contributed by atoms with Gasteiger partial charge in [-0.25, -0.2) is 0 Å². The highest BCUT2D eigenvalue weighted by Gasteiger charge is 2.17. The third-order valence-corrected chi connectivity index (χ3v) is 2.98. The third kappa shape index (κ3) is 3.10. The van der Waals surface area contributed by atoms with Crippen molar-refractivity contribution in [3.8, 4) is 12.3 Å². The zero-order valence-corrected chi connectivity index (χ0v) is 10.9. The van der Waals surface area contributed by atoms with Crippen molar-refractivity contribution in [1.82, 2.24) is 15.1 Å². The van der Waals surface area contributed by atoms with Crippen LogP contribution in [0.3, 0.4) is 0 Å². The first kappa shape index (κ1) is 13.3. The van der Waals surface area contributed by atoms with Gasteiger partial charge in [0.15, 0.2) is 0 Å². The molecule has 4 heteroatoms. The Labute approximate surface area is 102 Å². The molecule has 17 heavy (non-hydrogen) atoms. The van der Waals surface area contributed by atoms with Crippen LogP contribution >= 0.6 is 0 Å². The Bertz CT molecular complexity index is 454. The van der Waals surface area contributed by atoms with Crippen LogP contribution in [0.4, 0.5) is 0 Å². The molecule has 0 aliphatic rings. The standard InChI is InChI=1S/C13H19N3O/c1-6-7-14-13(17)9(2)8-12-10(3)15-16(5)11(12)4/h1,9H,7-8H2,2-5H3,(H,14,17)/t9-/m0/s1. The molecule has 0 radical (unpaired) electrons. The number of terminal acetylenes is 1. The van der Waals surface area contributed by atoms with Gasteiger partial charge in [0.2, 0.25) is 5.91 Å². The zero-order valence-electron chi connectivity index (χ0n) is 10.9. The predicted octanol–water partition coefficient (Wildman–Crippen LogP) is 0.965. The molecule has 0 aromatic carbocycles. The molecule has 1 N–H and O–H groups in total. The lowest BCUT2D eigenvalue weighted by molar-refractivity contribution is -0.124. The number of carbonyl (C=O) groups is 1. The van der Waals surface area contributed by atoms with E-state index in [1.54, 1.807) is 0 Å². The van der Waals surface area contributed by atoms with Gasteiger partial charge in [0, 0.05) is 18.7 Å². The Kier molecular flexibility index (Phi) is 4.33. The summed E-state index contributed by atoms with van der Waals surface area (Å²) in [4.78, 5) is 11.7. The van der Waals surface area contributed by atoms with E-state index >= 15 is 0 Å². The van der Waals surface area contributed by atoms with E-state index < -0.39 is 0 Å². The van der Waals surface area contributed by atoms with Crippen LogP contribution < -0.4 is 5.32 Å². The topological polar surface area (TPSA) is 46.9 Å². The number of rotatable bonds is 4. The maximum Gasteiger partial charge on any atom is 0.223 e. The fourth-order valence-electron chi connectivity index (χ4n) is 1.82. The lowest BCUT2D eigenvalue weighted by Crippen LogP contribution is -2.30. The van der Waals surface area contributed by atoms with E-state index in [4.69, 9.17) is 6.42 Å². The molecule has 1 heterocycles. The molecule has 0 aliphatic heterocycles. The van der Waals surface area contributed by atoms with Crippen molar-refractivity contribution < 1.29 is 4.79 Å². The molecule has 1 aromatic heterocycles. The Morgan fingerprint density at radius 3 is 2.71 bits per heavy atom. The summed E-state index contributed by atoms with van der Waals surface area (Å²) in [6.45, 7) is 6.17. The number of aromatic nitrogens is 2. The first-order valence-corrected chi connectivity index (χ1v) is 5.67. The first-order valence-electron chi connectivity index (χ1n) is 5.67. The minimum Gasteiger partial charge on any atom is -0.345 e. The summed E-state index contributed by atoms with van der Waals surface area (Å²) >= 11 is 0. The molecule has 0 fully saturated rings. The van der Waals surface area contributed by atoms with Crippen molar-refractivity contribution in [1.29, 1.82) is 0 Å². The molecule has 0 bridgehead atoms. The number of aryl methyl sites for hydroxylation is 2. The van der Waals surface area contributed by atoms with Gasteiger partial charge >= 0.3 is 0 Å². The second-order valence-electron chi connectivity index (χ2n) is 4.30. The van der Waals surface area contributed by atoms with Crippen LogP contribution in [0.25, 0.3) is 0 Å². The van der Waals surface area contributed by atoms with E-state index in [1.165, 1.54) is 0 Å². The van der Waals surface area contributed by atoms with Gasteiger partial charge < -0.3 is 5.32 Å². The fraction of sp³-hybridized carbons (Fsp3) is 0.538. The number of nitrogens with one attached hydrogen (secondary N) is 1. The van der Waals surface area contributed by atoms with E-state index in [0.717, 1.165) is 17.0 Å². The summed E-state index contributed by atoms with van der Waals surface area (Å²) in [5, 5.41) is 7.03. The molecular weight excluding hydrogens is 214 g/mol. The van der Waals surface area contributed by atoms with E-state index in [2.05, 4.69) is 16.3 Å². The molecule has 1 amide bonds. The number of amides is 1. The molecule has 0 unspecified atom stereocenters. The number of carbonyl (C=O) groups excluding carboxylic acids is 1. The van der Waals surface area contributed by atoms with Gasteiger partial charge in [-0.3, -0.25) is 9.48 Å². The van der Waals surface area contributed by atoms with Gasteiger partial charge in [-0.2, -0.15) is 5.10 Å². The Hall–Kier alpha value is -1.76. The molecule has 0 spiro atoms. The Morgan fingerprint density at radius 1 is 1.59 bits per heavy atom. The molecule has 1 rings (SSSR count). The van der Waals surface area contributed by atoms with E-state index in [1.807, 2.05) is 32.5 Å². The van der Waals surface area contributed by atoms with Crippen molar-refractivity contribution in [3.05, 3.63) is 17.0 Å². The first-order chi connectivity index (χ1) is 7.97. The van der Waals surface area contributed by atoms with Crippen LogP contribution in [-0.4, -0.2) is 22.2 Å². The molecule has 4 nitrogen and oxygen atoms in total. The zero-order chi connectivity index (χ0) is 13.0. The van der Waals surface area contributed by atoms with Gasteiger partial charge in [-0.05, 0) is 25.8 Å². The molecule has 0 aliphatic carbocycles. The van der Waals surface area contributed by atoms with Crippen LogP contribution in [0.5, 0.6) is 0 Å². The third-order valence-electron chi connectivity index (χ3n) is 2.98. The molecule has 1 aromatic rings. The lowest BCUT2D eigenvalue weighted by Gasteiger charge is -2.11. The van der Waals surface area contributed by atoms with Crippen LogP contribution in [-0.2, 0) is 18.3 Å². The van der Waals surface area contributed by atoms with Crippen LogP contribution in [0.15, 0.2) is 0 Å². The highest BCUT2D eigenvalue weighted by atomic mass is 16.1. The molecule has 0 saturated carbocycles. The van der Waals surface area contributed by atoms with E-state index in [9.17, 15) is 4.79 Å². The monoisotopic (exact) mass is 233 g/mol.